The maximum atomic E-state index is 13.5. The predicted molar refractivity (Wildman–Crippen MR) is 124 cm³/mol. The van der Waals surface area contributed by atoms with Crippen molar-refractivity contribution >= 4 is 17.7 Å². The minimum atomic E-state index is -0.706. The SMILES string of the molecule is CCOC(=O)C1=C(CN2CCN(c3ccc(C)cc3)CC2)NC(=O)N[C@@H]1c1ccc(F)cc1. The summed E-state index contributed by atoms with van der Waals surface area (Å²) in [7, 11) is 0. The minimum Gasteiger partial charge on any atom is -0.463 e. The zero-order chi connectivity index (χ0) is 23.4. The molecule has 2 amide bonds. The third-order valence-electron chi connectivity index (χ3n) is 6.01. The standard InChI is InChI=1S/C25H29FN4O3/c1-3-33-24(31)22-21(27-25(32)28-23(22)18-6-8-19(26)9-7-18)16-29-12-14-30(15-13-29)20-10-4-17(2)5-11-20/h4-11,23H,3,12-16H2,1-2H3,(H2,27,28,32)/t23-/m1/s1. The molecular formula is C25H29FN4O3. The van der Waals surface area contributed by atoms with Crippen molar-refractivity contribution in [2.45, 2.75) is 19.9 Å². The lowest BCUT2D eigenvalue weighted by molar-refractivity contribution is -0.139. The van der Waals surface area contributed by atoms with Gasteiger partial charge in [0.25, 0.3) is 0 Å². The normalized spacial score (nSPS) is 19.2. The van der Waals surface area contributed by atoms with Crippen LogP contribution in [0.25, 0.3) is 0 Å². The highest BCUT2D eigenvalue weighted by atomic mass is 19.1. The zero-order valence-electron chi connectivity index (χ0n) is 18.9. The molecule has 0 bridgehead atoms. The molecule has 2 aliphatic heterocycles. The number of benzene rings is 2. The molecule has 1 saturated heterocycles. The number of nitrogens with one attached hydrogen (secondary N) is 2. The predicted octanol–water partition coefficient (Wildman–Crippen LogP) is 3.13. The fraction of sp³-hybridized carbons (Fsp3) is 0.360. The van der Waals surface area contributed by atoms with Crippen molar-refractivity contribution in [2.24, 2.45) is 0 Å². The number of nitrogens with zero attached hydrogens (tertiary/aromatic N) is 2. The molecule has 8 heteroatoms. The van der Waals surface area contributed by atoms with Crippen molar-refractivity contribution in [3.8, 4) is 0 Å². The van der Waals surface area contributed by atoms with Gasteiger partial charge in [0.2, 0.25) is 0 Å². The molecule has 0 aliphatic carbocycles. The van der Waals surface area contributed by atoms with Crippen LogP contribution in [-0.2, 0) is 9.53 Å². The molecule has 2 N–H and O–H groups in total. The fourth-order valence-electron chi connectivity index (χ4n) is 4.24. The highest BCUT2D eigenvalue weighted by Crippen LogP contribution is 2.29. The average molecular weight is 453 g/mol. The van der Waals surface area contributed by atoms with E-state index in [4.69, 9.17) is 4.74 Å². The number of hydrogen-bond acceptors (Lipinski definition) is 5. The second kappa shape index (κ2) is 10.0. The van der Waals surface area contributed by atoms with E-state index in [0.717, 1.165) is 26.2 Å². The van der Waals surface area contributed by atoms with Crippen LogP contribution in [-0.4, -0.2) is 56.2 Å². The zero-order valence-corrected chi connectivity index (χ0v) is 18.9. The summed E-state index contributed by atoms with van der Waals surface area (Å²) in [4.78, 5) is 29.9. The summed E-state index contributed by atoms with van der Waals surface area (Å²) >= 11 is 0. The first-order valence-corrected chi connectivity index (χ1v) is 11.2. The number of hydrogen-bond donors (Lipinski definition) is 2. The largest absolute Gasteiger partial charge is 0.463 e. The van der Waals surface area contributed by atoms with Crippen molar-refractivity contribution in [3.05, 3.63) is 76.7 Å². The molecule has 0 saturated carbocycles. The maximum Gasteiger partial charge on any atom is 0.338 e. The summed E-state index contributed by atoms with van der Waals surface area (Å²) in [5.74, 6) is -0.875. The first kappa shape index (κ1) is 22.8. The van der Waals surface area contributed by atoms with Gasteiger partial charge in [-0.1, -0.05) is 29.8 Å². The molecule has 2 heterocycles. The summed E-state index contributed by atoms with van der Waals surface area (Å²) in [5.41, 5.74) is 3.92. The Morgan fingerprint density at radius 2 is 1.73 bits per heavy atom. The molecule has 2 aliphatic rings. The molecule has 4 rings (SSSR count). The van der Waals surface area contributed by atoms with Gasteiger partial charge < -0.3 is 20.3 Å². The minimum absolute atomic E-state index is 0.217. The molecule has 0 radical (unpaired) electrons. The van der Waals surface area contributed by atoms with E-state index in [1.165, 1.54) is 23.4 Å². The molecule has 0 aromatic heterocycles. The van der Waals surface area contributed by atoms with Crippen LogP contribution in [0.1, 0.15) is 24.1 Å². The van der Waals surface area contributed by atoms with E-state index in [1.807, 2.05) is 0 Å². The Hall–Kier alpha value is -3.39. The highest BCUT2D eigenvalue weighted by Gasteiger charge is 2.34. The van der Waals surface area contributed by atoms with Gasteiger partial charge in [-0.2, -0.15) is 0 Å². The van der Waals surface area contributed by atoms with Gasteiger partial charge in [-0.25, -0.2) is 14.0 Å². The number of ether oxygens (including phenoxy) is 1. The summed E-state index contributed by atoms with van der Waals surface area (Å²) in [6.07, 6.45) is 0. The number of carbonyl (C=O) groups excluding carboxylic acids is 2. The Labute approximate surface area is 193 Å². The molecule has 33 heavy (non-hydrogen) atoms. The van der Waals surface area contributed by atoms with Gasteiger partial charge in [0, 0.05) is 44.1 Å². The first-order chi connectivity index (χ1) is 15.9. The van der Waals surface area contributed by atoms with Crippen molar-refractivity contribution in [1.29, 1.82) is 0 Å². The second-order valence-corrected chi connectivity index (χ2v) is 8.29. The maximum absolute atomic E-state index is 13.5. The van der Waals surface area contributed by atoms with Crippen LogP contribution in [0.5, 0.6) is 0 Å². The number of piperazine rings is 1. The second-order valence-electron chi connectivity index (χ2n) is 8.29. The molecule has 1 fully saturated rings. The average Bonchev–Trinajstić information content (AvgIpc) is 2.80. The molecule has 174 valence electrons. The van der Waals surface area contributed by atoms with Crippen molar-refractivity contribution in [2.75, 3.05) is 44.2 Å². The van der Waals surface area contributed by atoms with Crippen LogP contribution in [0, 0.1) is 12.7 Å². The van der Waals surface area contributed by atoms with Crippen LogP contribution in [0.2, 0.25) is 0 Å². The van der Waals surface area contributed by atoms with Crippen LogP contribution < -0.4 is 15.5 Å². The molecule has 7 nitrogen and oxygen atoms in total. The van der Waals surface area contributed by atoms with Crippen molar-refractivity contribution in [3.63, 3.8) is 0 Å². The molecule has 0 spiro atoms. The number of anilines is 1. The lowest BCUT2D eigenvalue weighted by Crippen LogP contribution is -2.51. The Morgan fingerprint density at radius 1 is 1.06 bits per heavy atom. The lowest BCUT2D eigenvalue weighted by Gasteiger charge is -2.38. The molecule has 0 unspecified atom stereocenters. The van der Waals surface area contributed by atoms with E-state index in [1.54, 1.807) is 19.1 Å². The van der Waals surface area contributed by atoms with Gasteiger partial charge in [0.15, 0.2) is 0 Å². The topological polar surface area (TPSA) is 73.9 Å². The molecular weight excluding hydrogens is 423 g/mol. The number of esters is 1. The van der Waals surface area contributed by atoms with E-state index in [-0.39, 0.29) is 12.4 Å². The highest BCUT2D eigenvalue weighted by molar-refractivity contribution is 5.95. The molecule has 2 aromatic rings. The molecule has 1 atom stereocenters. The van der Waals surface area contributed by atoms with Gasteiger partial charge in [-0.15, -0.1) is 0 Å². The number of halogens is 1. The first-order valence-electron chi connectivity index (χ1n) is 11.2. The van der Waals surface area contributed by atoms with Gasteiger partial charge in [0.05, 0.1) is 18.2 Å². The summed E-state index contributed by atoms with van der Waals surface area (Å²) in [6, 6.07) is 13.2. The van der Waals surface area contributed by atoms with E-state index >= 15 is 0 Å². The third kappa shape index (κ3) is 5.34. The summed E-state index contributed by atoms with van der Waals surface area (Å²) in [5, 5.41) is 5.60. The molecule has 2 aromatic carbocycles. The van der Waals surface area contributed by atoms with E-state index in [2.05, 4.69) is 51.6 Å². The summed E-state index contributed by atoms with van der Waals surface area (Å²) < 4.78 is 18.8. The van der Waals surface area contributed by atoms with E-state index in [9.17, 15) is 14.0 Å². The van der Waals surface area contributed by atoms with E-state index in [0.29, 0.717) is 23.4 Å². The number of carbonyl (C=O) groups is 2. The Bertz CT molecular complexity index is 1030. The number of amides is 2. The smallest absolute Gasteiger partial charge is 0.338 e. The van der Waals surface area contributed by atoms with Crippen LogP contribution in [0.4, 0.5) is 14.9 Å². The number of rotatable bonds is 6. The quantitative estimate of drug-likeness (QED) is 0.659. The van der Waals surface area contributed by atoms with Gasteiger partial charge in [-0.3, -0.25) is 4.90 Å². The van der Waals surface area contributed by atoms with Crippen LogP contribution in [0.3, 0.4) is 0 Å². The van der Waals surface area contributed by atoms with Crippen LogP contribution in [0.15, 0.2) is 59.8 Å². The number of urea groups is 1. The Kier molecular flexibility index (Phi) is 6.93. The monoisotopic (exact) mass is 452 g/mol. The van der Waals surface area contributed by atoms with Crippen LogP contribution >= 0.6 is 0 Å². The Morgan fingerprint density at radius 3 is 2.36 bits per heavy atom. The third-order valence-corrected chi connectivity index (χ3v) is 6.01. The summed E-state index contributed by atoms with van der Waals surface area (Å²) in [6.45, 7) is 7.72. The van der Waals surface area contributed by atoms with Crippen molar-refractivity contribution in [1.82, 2.24) is 15.5 Å². The lowest BCUT2D eigenvalue weighted by atomic mass is 9.95. The number of aryl methyl sites for hydroxylation is 1. The van der Waals surface area contributed by atoms with Gasteiger partial charge >= 0.3 is 12.0 Å². The van der Waals surface area contributed by atoms with Gasteiger partial charge in [-0.05, 0) is 43.7 Å². The fourth-order valence-corrected chi connectivity index (χ4v) is 4.24. The Balaban J connectivity index is 1.54. The van der Waals surface area contributed by atoms with Crippen molar-refractivity contribution < 1.29 is 18.7 Å². The van der Waals surface area contributed by atoms with E-state index < -0.39 is 18.0 Å². The van der Waals surface area contributed by atoms with Gasteiger partial charge in [0.1, 0.15) is 5.82 Å².